The summed E-state index contributed by atoms with van der Waals surface area (Å²) in [4.78, 5) is 50.2. The van der Waals surface area contributed by atoms with Crippen molar-refractivity contribution in [3.05, 3.63) is 82.8 Å². The summed E-state index contributed by atoms with van der Waals surface area (Å²) >= 11 is 14.2. The fourth-order valence-electron chi connectivity index (χ4n) is 6.19. The van der Waals surface area contributed by atoms with E-state index in [-0.39, 0.29) is 64.3 Å². The van der Waals surface area contributed by atoms with Gasteiger partial charge in [-0.3, -0.25) is 9.59 Å². The number of anilines is 2. The largest absolute Gasteiger partial charge is 0.482 e. The Morgan fingerprint density at radius 1 is 0.648 bits per heavy atom. The van der Waals surface area contributed by atoms with Crippen molar-refractivity contribution in [3.63, 3.8) is 0 Å². The normalized spacial score (nSPS) is 14.8. The Labute approximate surface area is 319 Å². The SMILES string of the molecule is O=C(O)C(O)CNCCN1C(=O)COc2cc(-c3cccc(-c4cccc(-c5ccc6c(c5)OCC(=O)N6CCNCC(O)C(=O)O)c4Cl)c3Cl)ccc21. The number of benzene rings is 4. The summed E-state index contributed by atoms with van der Waals surface area (Å²) < 4.78 is 11.6. The highest BCUT2D eigenvalue weighted by molar-refractivity contribution is 6.39. The maximum absolute atomic E-state index is 12.7. The average molecular weight is 780 g/mol. The number of nitrogens with zero attached hydrogens (tertiary/aromatic N) is 2. The number of amides is 2. The van der Waals surface area contributed by atoms with Gasteiger partial charge in [0.1, 0.15) is 11.5 Å². The molecule has 6 rings (SSSR count). The smallest absolute Gasteiger partial charge is 0.333 e. The molecule has 4 aromatic carbocycles. The highest BCUT2D eigenvalue weighted by Gasteiger charge is 2.28. The second-order valence-corrected chi connectivity index (χ2v) is 13.2. The van der Waals surface area contributed by atoms with Crippen LogP contribution < -0.4 is 29.9 Å². The number of carboxylic acids is 2. The number of hydrogen-bond donors (Lipinski definition) is 6. The van der Waals surface area contributed by atoms with Crippen LogP contribution >= 0.6 is 23.2 Å². The third-order valence-electron chi connectivity index (χ3n) is 8.99. The third kappa shape index (κ3) is 8.29. The molecule has 0 fully saturated rings. The molecule has 14 nitrogen and oxygen atoms in total. The predicted molar refractivity (Wildman–Crippen MR) is 201 cm³/mol. The van der Waals surface area contributed by atoms with Crippen molar-refractivity contribution in [2.24, 2.45) is 0 Å². The molecular formula is C38H36Cl2N4O10. The lowest BCUT2D eigenvalue weighted by molar-refractivity contribution is -0.147. The topological polar surface area (TPSA) is 198 Å². The number of fused-ring (bicyclic) bond motifs is 2. The molecule has 2 heterocycles. The Kier molecular flexibility index (Phi) is 12.0. The first-order chi connectivity index (χ1) is 25.9. The molecule has 0 saturated carbocycles. The van der Waals surface area contributed by atoms with Gasteiger partial charge in [0.2, 0.25) is 0 Å². The van der Waals surface area contributed by atoms with Crippen LogP contribution in [0, 0.1) is 0 Å². The summed E-state index contributed by atoms with van der Waals surface area (Å²) in [6.07, 6.45) is -3.10. The van der Waals surface area contributed by atoms with Crippen molar-refractivity contribution < 1.29 is 49.1 Å². The van der Waals surface area contributed by atoms with Crippen molar-refractivity contribution >= 4 is 58.3 Å². The maximum Gasteiger partial charge on any atom is 0.333 e. The van der Waals surface area contributed by atoms with Crippen molar-refractivity contribution in [2.75, 3.05) is 62.3 Å². The lowest BCUT2D eigenvalue weighted by Crippen LogP contribution is -2.44. The van der Waals surface area contributed by atoms with E-state index in [1.165, 1.54) is 0 Å². The lowest BCUT2D eigenvalue weighted by Gasteiger charge is -2.30. The van der Waals surface area contributed by atoms with Gasteiger partial charge in [-0.2, -0.15) is 0 Å². The molecule has 2 aliphatic heterocycles. The van der Waals surface area contributed by atoms with Gasteiger partial charge in [-0.05, 0) is 35.4 Å². The Morgan fingerprint density at radius 2 is 1.04 bits per heavy atom. The van der Waals surface area contributed by atoms with Crippen LogP contribution in [0.2, 0.25) is 10.0 Å². The van der Waals surface area contributed by atoms with Crippen LogP contribution in [-0.4, -0.2) is 109 Å². The average Bonchev–Trinajstić information content (AvgIpc) is 3.16. The predicted octanol–water partition coefficient (Wildman–Crippen LogP) is 3.52. The van der Waals surface area contributed by atoms with Gasteiger partial charge in [0.05, 0.1) is 21.4 Å². The van der Waals surface area contributed by atoms with Crippen LogP contribution in [0.5, 0.6) is 11.5 Å². The molecule has 54 heavy (non-hydrogen) atoms. The minimum Gasteiger partial charge on any atom is -0.482 e. The van der Waals surface area contributed by atoms with Crippen molar-refractivity contribution in [1.29, 1.82) is 0 Å². The molecule has 0 saturated heterocycles. The first-order valence-electron chi connectivity index (χ1n) is 16.9. The van der Waals surface area contributed by atoms with Crippen LogP contribution in [0.1, 0.15) is 0 Å². The fraction of sp³-hybridized carbons (Fsp3) is 0.263. The summed E-state index contributed by atoms with van der Waals surface area (Å²) in [5, 5.41) is 43.3. The van der Waals surface area contributed by atoms with E-state index in [4.69, 9.17) is 42.9 Å². The zero-order valence-corrected chi connectivity index (χ0v) is 30.1. The molecule has 6 N–H and O–H groups in total. The van der Waals surface area contributed by atoms with Crippen LogP contribution in [0.15, 0.2) is 72.8 Å². The number of carbonyl (C=O) groups excluding carboxylic acids is 2. The number of rotatable bonds is 15. The van der Waals surface area contributed by atoms with E-state index in [2.05, 4.69) is 10.6 Å². The van der Waals surface area contributed by atoms with Crippen LogP contribution in [-0.2, 0) is 19.2 Å². The Hall–Kier alpha value is -5.22. The summed E-state index contributed by atoms with van der Waals surface area (Å²) in [7, 11) is 0. The summed E-state index contributed by atoms with van der Waals surface area (Å²) in [6.45, 7) is 0.306. The lowest BCUT2D eigenvalue weighted by atomic mass is 9.95. The highest BCUT2D eigenvalue weighted by Crippen LogP contribution is 2.45. The van der Waals surface area contributed by atoms with Crippen molar-refractivity contribution in [1.82, 2.24) is 10.6 Å². The molecule has 2 atom stereocenters. The molecule has 2 unspecified atom stereocenters. The molecule has 0 radical (unpaired) electrons. The van der Waals surface area contributed by atoms with E-state index in [1.54, 1.807) is 34.1 Å². The molecule has 0 spiro atoms. The van der Waals surface area contributed by atoms with E-state index in [9.17, 15) is 29.4 Å². The van der Waals surface area contributed by atoms with Gasteiger partial charge >= 0.3 is 11.9 Å². The number of carboxylic acid groups (broad SMARTS) is 2. The van der Waals surface area contributed by atoms with Gasteiger partial charge in [0.15, 0.2) is 25.4 Å². The highest BCUT2D eigenvalue weighted by atomic mass is 35.5. The number of carbonyl (C=O) groups is 4. The quantitative estimate of drug-likeness (QED) is 0.0963. The molecule has 282 valence electrons. The second kappa shape index (κ2) is 16.8. The zero-order valence-electron chi connectivity index (χ0n) is 28.6. The first-order valence-corrected chi connectivity index (χ1v) is 17.7. The number of aliphatic carboxylic acids is 2. The first kappa shape index (κ1) is 38.5. The molecule has 0 aromatic heterocycles. The van der Waals surface area contributed by atoms with Crippen LogP contribution in [0.3, 0.4) is 0 Å². The monoisotopic (exact) mass is 778 g/mol. The molecule has 16 heteroatoms. The van der Waals surface area contributed by atoms with Crippen LogP contribution in [0.4, 0.5) is 11.4 Å². The van der Waals surface area contributed by atoms with Gasteiger partial charge in [-0.15, -0.1) is 0 Å². The maximum atomic E-state index is 12.7. The second-order valence-electron chi connectivity index (χ2n) is 12.5. The Balaban J connectivity index is 1.21. The fourth-order valence-corrected chi connectivity index (χ4v) is 6.87. The molecule has 0 aliphatic carbocycles. The minimum absolute atomic E-state index is 0.157. The van der Waals surface area contributed by atoms with Gasteiger partial charge < -0.3 is 50.3 Å². The van der Waals surface area contributed by atoms with Gasteiger partial charge in [-0.1, -0.05) is 71.7 Å². The van der Waals surface area contributed by atoms with Crippen LogP contribution in [0.25, 0.3) is 33.4 Å². The van der Waals surface area contributed by atoms with E-state index < -0.39 is 24.1 Å². The standard InChI is InChI=1S/C38H36Cl2N4O10/c39-35-23(21-7-9-27-31(15-21)53-19-33(47)43(27)13-11-41-17-29(45)37(49)50)3-1-5-25(35)26-6-2-4-24(36(26)40)22-8-10-28-32(16-22)54-20-34(48)44(28)14-12-42-18-30(46)38(51)52/h1-10,15-16,29-30,41-42,45-46H,11-14,17-20H2,(H,49,50)(H,51,52). The number of halogens is 2. The van der Waals surface area contributed by atoms with E-state index in [1.807, 2.05) is 48.5 Å². The number of ether oxygens (including phenoxy) is 2. The summed E-state index contributed by atoms with van der Waals surface area (Å²) in [5.41, 5.74) is 5.34. The Morgan fingerprint density at radius 3 is 1.43 bits per heavy atom. The van der Waals surface area contributed by atoms with Crippen molar-refractivity contribution in [2.45, 2.75) is 12.2 Å². The number of aliphatic hydroxyl groups excluding tert-OH is 2. The zero-order chi connectivity index (χ0) is 38.5. The Bertz CT molecular complexity index is 1950. The van der Waals surface area contributed by atoms with E-state index in [0.29, 0.717) is 55.2 Å². The molecule has 0 bridgehead atoms. The van der Waals surface area contributed by atoms with Crippen molar-refractivity contribution in [3.8, 4) is 44.9 Å². The molecule has 4 aromatic rings. The molecule has 2 amide bonds. The third-order valence-corrected chi connectivity index (χ3v) is 9.80. The number of aliphatic hydroxyl groups is 2. The number of nitrogens with one attached hydrogen (secondary N) is 2. The van der Waals surface area contributed by atoms with E-state index in [0.717, 1.165) is 11.1 Å². The van der Waals surface area contributed by atoms with Gasteiger partial charge in [-0.25, -0.2) is 9.59 Å². The molecule has 2 aliphatic rings. The van der Waals surface area contributed by atoms with Gasteiger partial charge in [0, 0.05) is 61.5 Å². The minimum atomic E-state index is -1.55. The summed E-state index contributed by atoms with van der Waals surface area (Å²) in [6, 6.07) is 22.0. The number of hydrogen-bond acceptors (Lipinski definition) is 10. The van der Waals surface area contributed by atoms with Gasteiger partial charge in [0.25, 0.3) is 11.8 Å². The summed E-state index contributed by atoms with van der Waals surface area (Å²) in [5.74, 6) is -2.24. The molecular weight excluding hydrogens is 743 g/mol. The van der Waals surface area contributed by atoms with E-state index >= 15 is 0 Å².